The number of halogens is 2. The number of carbonyl (C=O) groups is 1. The van der Waals surface area contributed by atoms with Gasteiger partial charge in [-0.05, 0) is 30.3 Å². The Morgan fingerprint density at radius 3 is 2.44 bits per heavy atom. The first-order chi connectivity index (χ1) is 13.1. The van der Waals surface area contributed by atoms with E-state index in [0.717, 1.165) is 16.5 Å². The Balaban J connectivity index is 1.79. The Labute approximate surface area is 160 Å². The molecule has 0 aliphatic heterocycles. The average Bonchev–Trinajstić information content (AvgIpc) is 2.70. The van der Waals surface area contributed by atoms with Crippen molar-refractivity contribution in [2.75, 3.05) is 5.32 Å². The summed E-state index contributed by atoms with van der Waals surface area (Å²) in [6, 6.07) is 23.0. The zero-order chi connectivity index (χ0) is 18.8. The van der Waals surface area contributed by atoms with Crippen LogP contribution in [0, 0.1) is 5.82 Å². The standard InChI is InChI=1S/C22H14ClFN2O/c23-18-12-15(10-11-19(18)24)25-22(27)17-13-21(14-6-2-1-3-7-14)26-20-9-5-4-8-16(17)20/h1-13H,(H,25,27). The van der Waals surface area contributed by atoms with Gasteiger partial charge in [-0.15, -0.1) is 0 Å². The highest BCUT2D eigenvalue weighted by atomic mass is 35.5. The van der Waals surface area contributed by atoms with Crippen LogP contribution >= 0.6 is 11.6 Å². The van der Waals surface area contributed by atoms with E-state index in [9.17, 15) is 9.18 Å². The summed E-state index contributed by atoms with van der Waals surface area (Å²) in [5, 5.41) is 3.47. The largest absolute Gasteiger partial charge is 0.322 e. The fourth-order valence-electron chi connectivity index (χ4n) is 2.89. The molecule has 3 aromatic carbocycles. The molecule has 0 aliphatic rings. The zero-order valence-electron chi connectivity index (χ0n) is 14.1. The Bertz CT molecular complexity index is 1150. The first kappa shape index (κ1) is 17.2. The van der Waals surface area contributed by atoms with Crippen LogP contribution in [-0.4, -0.2) is 10.9 Å². The average molecular weight is 377 g/mol. The third-order valence-corrected chi connectivity index (χ3v) is 4.50. The lowest BCUT2D eigenvalue weighted by molar-refractivity contribution is 0.102. The molecule has 1 N–H and O–H groups in total. The number of anilines is 1. The minimum atomic E-state index is -0.532. The van der Waals surface area contributed by atoms with E-state index in [1.54, 1.807) is 6.07 Å². The summed E-state index contributed by atoms with van der Waals surface area (Å²) in [7, 11) is 0. The highest BCUT2D eigenvalue weighted by Crippen LogP contribution is 2.26. The number of hydrogen-bond acceptors (Lipinski definition) is 2. The molecule has 4 rings (SSSR count). The number of nitrogens with one attached hydrogen (secondary N) is 1. The lowest BCUT2D eigenvalue weighted by atomic mass is 10.0. The molecule has 0 saturated heterocycles. The highest BCUT2D eigenvalue weighted by Gasteiger charge is 2.14. The number of fused-ring (bicyclic) bond motifs is 1. The van der Waals surface area contributed by atoms with Crippen LogP contribution in [0.25, 0.3) is 22.2 Å². The van der Waals surface area contributed by atoms with Crippen LogP contribution in [0.15, 0.2) is 78.9 Å². The van der Waals surface area contributed by atoms with E-state index in [0.29, 0.717) is 16.9 Å². The number of amides is 1. The molecule has 0 radical (unpaired) electrons. The summed E-state index contributed by atoms with van der Waals surface area (Å²) < 4.78 is 13.4. The van der Waals surface area contributed by atoms with Crippen molar-refractivity contribution in [1.82, 2.24) is 4.98 Å². The Morgan fingerprint density at radius 1 is 0.926 bits per heavy atom. The van der Waals surface area contributed by atoms with E-state index in [1.165, 1.54) is 18.2 Å². The first-order valence-corrected chi connectivity index (χ1v) is 8.71. The smallest absolute Gasteiger partial charge is 0.256 e. The minimum absolute atomic E-state index is 0.0441. The van der Waals surface area contributed by atoms with Gasteiger partial charge in [-0.25, -0.2) is 9.37 Å². The monoisotopic (exact) mass is 376 g/mol. The van der Waals surface area contributed by atoms with E-state index in [1.807, 2.05) is 54.6 Å². The minimum Gasteiger partial charge on any atom is -0.322 e. The SMILES string of the molecule is O=C(Nc1ccc(F)c(Cl)c1)c1cc(-c2ccccc2)nc2ccccc12. The normalized spacial score (nSPS) is 10.7. The van der Waals surface area contributed by atoms with Crippen LogP contribution in [0.5, 0.6) is 0 Å². The molecule has 0 spiro atoms. The highest BCUT2D eigenvalue weighted by molar-refractivity contribution is 6.31. The number of para-hydroxylation sites is 1. The molecule has 0 bridgehead atoms. The summed E-state index contributed by atoms with van der Waals surface area (Å²) >= 11 is 5.81. The molecule has 0 fully saturated rings. The molecule has 3 nitrogen and oxygen atoms in total. The van der Waals surface area contributed by atoms with Gasteiger partial charge in [-0.2, -0.15) is 0 Å². The summed E-state index contributed by atoms with van der Waals surface area (Å²) in [6.45, 7) is 0. The van der Waals surface area contributed by atoms with Gasteiger partial charge in [-0.3, -0.25) is 4.79 Å². The lowest BCUT2D eigenvalue weighted by Gasteiger charge is -2.11. The van der Waals surface area contributed by atoms with E-state index in [-0.39, 0.29) is 10.9 Å². The van der Waals surface area contributed by atoms with Crippen LogP contribution in [-0.2, 0) is 0 Å². The van der Waals surface area contributed by atoms with Gasteiger partial charge in [0.1, 0.15) is 5.82 Å². The van der Waals surface area contributed by atoms with Crippen LogP contribution < -0.4 is 5.32 Å². The van der Waals surface area contributed by atoms with Gasteiger partial charge < -0.3 is 5.32 Å². The van der Waals surface area contributed by atoms with Gasteiger partial charge in [0.15, 0.2) is 0 Å². The quantitative estimate of drug-likeness (QED) is 0.480. The van der Waals surface area contributed by atoms with Crippen LogP contribution in [0.3, 0.4) is 0 Å². The molecule has 0 unspecified atom stereocenters. The molecule has 27 heavy (non-hydrogen) atoms. The van der Waals surface area contributed by atoms with Crippen molar-refractivity contribution in [3.8, 4) is 11.3 Å². The van der Waals surface area contributed by atoms with Crippen molar-refractivity contribution in [2.45, 2.75) is 0 Å². The third kappa shape index (κ3) is 3.52. The number of aromatic nitrogens is 1. The van der Waals surface area contributed by atoms with Gasteiger partial charge >= 0.3 is 0 Å². The maximum atomic E-state index is 13.4. The molecule has 0 atom stereocenters. The Kier molecular flexibility index (Phi) is 4.57. The summed E-state index contributed by atoms with van der Waals surface area (Å²) in [5.41, 5.74) is 3.26. The molecule has 132 valence electrons. The van der Waals surface area contributed by atoms with Crippen LogP contribution in [0.2, 0.25) is 5.02 Å². The number of benzene rings is 3. The molecular formula is C22H14ClFN2O. The second-order valence-electron chi connectivity index (χ2n) is 6.02. The summed E-state index contributed by atoms with van der Waals surface area (Å²) in [4.78, 5) is 17.6. The van der Waals surface area contributed by atoms with E-state index in [4.69, 9.17) is 11.6 Å². The van der Waals surface area contributed by atoms with Crippen molar-refractivity contribution < 1.29 is 9.18 Å². The number of carbonyl (C=O) groups excluding carboxylic acids is 1. The second kappa shape index (κ2) is 7.17. The van der Waals surface area contributed by atoms with Gasteiger partial charge in [0, 0.05) is 16.6 Å². The molecule has 1 aromatic heterocycles. The van der Waals surface area contributed by atoms with Crippen LogP contribution in [0.4, 0.5) is 10.1 Å². The van der Waals surface area contributed by atoms with E-state index >= 15 is 0 Å². The van der Waals surface area contributed by atoms with Crippen molar-refractivity contribution in [3.63, 3.8) is 0 Å². The van der Waals surface area contributed by atoms with Crippen molar-refractivity contribution in [3.05, 3.63) is 95.3 Å². The maximum Gasteiger partial charge on any atom is 0.256 e. The van der Waals surface area contributed by atoms with Gasteiger partial charge in [-0.1, -0.05) is 60.1 Å². The molecule has 0 aliphatic carbocycles. The van der Waals surface area contributed by atoms with Crippen molar-refractivity contribution in [1.29, 1.82) is 0 Å². The molecule has 5 heteroatoms. The second-order valence-corrected chi connectivity index (χ2v) is 6.43. The number of hydrogen-bond donors (Lipinski definition) is 1. The predicted octanol–water partition coefficient (Wildman–Crippen LogP) is 5.95. The zero-order valence-corrected chi connectivity index (χ0v) is 14.9. The maximum absolute atomic E-state index is 13.4. The fourth-order valence-corrected chi connectivity index (χ4v) is 3.07. The van der Waals surface area contributed by atoms with Crippen molar-refractivity contribution in [2.24, 2.45) is 0 Å². The van der Waals surface area contributed by atoms with Crippen molar-refractivity contribution >= 4 is 34.1 Å². The topological polar surface area (TPSA) is 42.0 Å². The van der Waals surface area contributed by atoms with Crippen LogP contribution in [0.1, 0.15) is 10.4 Å². The molecule has 1 heterocycles. The summed E-state index contributed by atoms with van der Waals surface area (Å²) in [5.74, 6) is -0.844. The molecule has 0 saturated carbocycles. The fraction of sp³-hybridized carbons (Fsp3) is 0. The van der Waals surface area contributed by atoms with E-state index < -0.39 is 5.82 Å². The third-order valence-electron chi connectivity index (χ3n) is 4.21. The number of pyridine rings is 1. The lowest BCUT2D eigenvalue weighted by Crippen LogP contribution is -2.13. The molecule has 1 amide bonds. The number of rotatable bonds is 3. The van der Waals surface area contributed by atoms with E-state index in [2.05, 4.69) is 10.3 Å². The van der Waals surface area contributed by atoms with Gasteiger partial charge in [0.05, 0.1) is 21.8 Å². The molecule has 4 aromatic rings. The predicted molar refractivity (Wildman–Crippen MR) is 107 cm³/mol. The summed E-state index contributed by atoms with van der Waals surface area (Å²) in [6.07, 6.45) is 0. The number of nitrogens with zero attached hydrogens (tertiary/aromatic N) is 1. The Morgan fingerprint density at radius 2 is 1.67 bits per heavy atom. The first-order valence-electron chi connectivity index (χ1n) is 8.33. The molecular weight excluding hydrogens is 363 g/mol. The van der Waals surface area contributed by atoms with Gasteiger partial charge in [0.2, 0.25) is 0 Å². The van der Waals surface area contributed by atoms with Gasteiger partial charge in [0.25, 0.3) is 5.91 Å². The Hall–Kier alpha value is -3.24.